The predicted octanol–water partition coefficient (Wildman–Crippen LogP) is 7.24. The van der Waals surface area contributed by atoms with Crippen LogP contribution < -0.4 is 0 Å². The molecule has 4 aliphatic carbocycles. The Hall–Kier alpha value is -0.160. The zero-order valence-corrected chi connectivity index (χ0v) is 23.1. The highest BCUT2D eigenvalue weighted by Gasteiger charge is 2.77. The Bertz CT molecular complexity index is 870. The zero-order valence-electron chi connectivity index (χ0n) is 23.1. The van der Waals surface area contributed by atoms with Gasteiger partial charge >= 0.3 is 0 Å². The van der Waals surface area contributed by atoms with Gasteiger partial charge < -0.3 is 9.84 Å². The number of rotatable bonds is 1. The summed E-state index contributed by atoms with van der Waals surface area (Å²) >= 11 is 0. The highest BCUT2D eigenvalue weighted by Crippen LogP contribution is 2.78. The van der Waals surface area contributed by atoms with Crippen molar-refractivity contribution in [3.05, 3.63) is 0 Å². The molecule has 1 spiro atoms. The van der Waals surface area contributed by atoms with E-state index in [1.807, 2.05) is 0 Å². The Morgan fingerprint density at radius 3 is 2.00 bits per heavy atom. The predicted molar refractivity (Wildman–Crippen MR) is 132 cm³/mol. The summed E-state index contributed by atoms with van der Waals surface area (Å²) in [7, 11) is 0. The maximum absolute atomic E-state index is 10.9. The third kappa shape index (κ3) is 2.51. The summed E-state index contributed by atoms with van der Waals surface area (Å²) in [5.41, 5.74) is 0.916. The van der Waals surface area contributed by atoms with Gasteiger partial charge in [0, 0.05) is 24.2 Å². The molecule has 6 fully saturated rings. The fraction of sp³-hybridized carbons (Fsp3) is 1.00. The van der Waals surface area contributed by atoms with Crippen LogP contribution in [0.1, 0.15) is 120 Å². The van der Waals surface area contributed by atoms with Crippen molar-refractivity contribution in [2.24, 2.45) is 50.7 Å². The van der Waals surface area contributed by atoms with Gasteiger partial charge in [-0.05, 0) is 90.8 Å². The molecule has 194 valence electrons. The molecule has 0 amide bonds. The van der Waals surface area contributed by atoms with Crippen molar-refractivity contribution in [1.82, 2.24) is 0 Å². The molecule has 6 rings (SSSR count). The summed E-state index contributed by atoms with van der Waals surface area (Å²) < 4.78 is 6.88. The minimum atomic E-state index is -0.582. The molecule has 2 saturated heterocycles. The van der Waals surface area contributed by atoms with E-state index in [4.69, 9.17) is 14.5 Å². The van der Waals surface area contributed by atoms with E-state index in [1.54, 1.807) is 0 Å². The quantitative estimate of drug-likeness (QED) is 0.407. The molecule has 1 N–H and O–H groups in total. The summed E-state index contributed by atoms with van der Waals surface area (Å²) in [6, 6.07) is 0. The number of aliphatic hydroxyl groups is 1. The second-order valence-electron chi connectivity index (χ2n) is 15.4. The Balaban J connectivity index is 1.37. The second-order valence-corrected chi connectivity index (χ2v) is 15.4. The molecular weight excluding hydrogens is 424 g/mol. The van der Waals surface area contributed by atoms with Gasteiger partial charge in [-0.15, -0.1) is 0 Å². The number of aliphatic hydroxyl groups excluding tert-OH is 1. The van der Waals surface area contributed by atoms with Crippen LogP contribution in [0.3, 0.4) is 0 Å². The molecule has 2 aliphatic heterocycles. The molecule has 6 aliphatic rings. The lowest BCUT2D eigenvalue weighted by atomic mass is 9.31. The van der Waals surface area contributed by atoms with Crippen molar-refractivity contribution in [1.29, 1.82) is 0 Å². The average Bonchev–Trinajstić information content (AvgIpc) is 3.10. The first kappa shape index (κ1) is 24.2. The van der Waals surface area contributed by atoms with Crippen LogP contribution in [0.25, 0.3) is 0 Å². The van der Waals surface area contributed by atoms with Gasteiger partial charge in [0.05, 0.1) is 6.10 Å². The molecule has 0 aromatic carbocycles. The molecule has 0 aromatic rings. The van der Waals surface area contributed by atoms with E-state index in [0.717, 1.165) is 38.0 Å². The number of hydrogen-bond donors (Lipinski definition) is 1. The molecule has 4 heteroatoms. The van der Waals surface area contributed by atoms with E-state index in [1.165, 1.54) is 32.1 Å². The highest BCUT2D eigenvalue weighted by atomic mass is 17.3. The first-order valence-electron chi connectivity index (χ1n) is 14.5. The van der Waals surface area contributed by atoms with Crippen molar-refractivity contribution in [2.45, 2.75) is 137 Å². The Kier molecular flexibility index (Phi) is 4.86. The van der Waals surface area contributed by atoms with Crippen molar-refractivity contribution >= 4 is 0 Å². The smallest absolute Gasteiger partial charge is 0.210 e. The summed E-state index contributed by atoms with van der Waals surface area (Å²) in [5.74, 6) is 1.07. The van der Waals surface area contributed by atoms with Gasteiger partial charge in [-0.1, -0.05) is 55.4 Å². The third-order valence-electron chi connectivity index (χ3n) is 14.0. The molecule has 10 unspecified atom stereocenters. The van der Waals surface area contributed by atoms with Crippen molar-refractivity contribution < 1.29 is 19.6 Å². The van der Waals surface area contributed by atoms with Crippen molar-refractivity contribution in [2.75, 3.05) is 0 Å². The summed E-state index contributed by atoms with van der Waals surface area (Å²) in [6.07, 6.45) is 11.3. The largest absolute Gasteiger partial charge is 0.393 e. The van der Waals surface area contributed by atoms with Crippen LogP contribution in [0.5, 0.6) is 0 Å². The van der Waals surface area contributed by atoms with Gasteiger partial charge in [0.2, 0.25) is 11.6 Å². The van der Waals surface area contributed by atoms with E-state index in [2.05, 4.69) is 55.4 Å². The Morgan fingerprint density at radius 1 is 0.647 bits per heavy atom. The highest BCUT2D eigenvalue weighted by molar-refractivity contribution is 5.20. The SMILES string of the molecule is CC(C)C12CCC3(C)C4CCC5C6(C)CCC(O)C(C)(C)C6CCC5(C)C4(C)CCC3(OO1)O2. The lowest BCUT2D eigenvalue weighted by Crippen LogP contribution is -2.71. The van der Waals surface area contributed by atoms with Gasteiger partial charge in [-0.25, -0.2) is 0 Å². The zero-order chi connectivity index (χ0) is 24.6. The van der Waals surface area contributed by atoms with Crippen LogP contribution in [0.2, 0.25) is 0 Å². The summed E-state index contributed by atoms with van der Waals surface area (Å²) in [5, 5.41) is 10.9. The minimum Gasteiger partial charge on any atom is -0.393 e. The molecular formula is C30H50O4. The molecule has 2 bridgehead atoms. The number of ether oxygens (including phenoxy) is 1. The lowest BCUT2D eigenvalue weighted by molar-refractivity contribution is -0.391. The number of fused-ring (bicyclic) bond motifs is 7. The minimum absolute atomic E-state index is 0.0113. The lowest BCUT2D eigenvalue weighted by Gasteiger charge is -2.74. The molecule has 0 radical (unpaired) electrons. The topological polar surface area (TPSA) is 47.9 Å². The molecule has 10 atom stereocenters. The second kappa shape index (κ2) is 6.83. The van der Waals surface area contributed by atoms with Gasteiger partial charge in [0.25, 0.3) is 0 Å². The van der Waals surface area contributed by atoms with Crippen molar-refractivity contribution in [3.8, 4) is 0 Å². The summed E-state index contributed by atoms with van der Waals surface area (Å²) in [4.78, 5) is 12.4. The van der Waals surface area contributed by atoms with Crippen LogP contribution in [0, 0.1) is 50.7 Å². The van der Waals surface area contributed by atoms with E-state index in [0.29, 0.717) is 28.6 Å². The van der Waals surface area contributed by atoms with E-state index >= 15 is 0 Å². The van der Waals surface area contributed by atoms with Gasteiger partial charge in [0.1, 0.15) is 0 Å². The van der Waals surface area contributed by atoms with Crippen LogP contribution in [-0.2, 0) is 14.5 Å². The summed E-state index contributed by atoms with van der Waals surface area (Å²) in [6.45, 7) is 19.5. The first-order valence-corrected chi connectivity index (χ1v) is 14.5. The Morgan fingerprint density at radius 2 is 1.29 bits per heavy atom. The average molecular weight is 475 g/mol. The molecule has 0 aromatic heterocycles. The maximum atomic E-state index is 10.9. The maximum Gasteiger partial charge on any atom is 0.210 e. The van der Waals surface area contributed by atoms with Gasteiger partial charge in [0.15, 0.2) is 0 Å². The van der Waals surface area contributed by atoms with E-state index in [9.17, 15) is 5.11 Å². The van der Waals surface area contributed by atoms with Crippen LogP contribution in [0.4, 0.5) is 0 Å². The van der Waals surface area contributed by atoms with Gasteiger partial charge in [-0.3, -0.25) is 0 Å². The Labute approximate surface area is 207 Å². The van der Waals surface area contributed by atoms with Crippen LogP contribution in [0.15, 0.2) is 0 Å². The normalized spacial score (nSPS) is 60.2. The molecule has 34 heavy (non-hydrogen) atoms. The molecule has 2 heterocycles. The van der Waals surface area contributed by atoms with Gasteiger partial charge in [-0.2, -0.15) is 9.78 Å². The fourth-order valence-electron chi connectivity index (χ4n) is 11.5. The standard InChI is InChI=1S/C30H50O4/c1-19(2)29-17-15-28(8)22-10-9-21-25(5)13-12-23(31)24(3,4)20(25)11-14-26(21,6)27(22,7)16-18-30(28,32-29)34-33-29/h19-23,31H,9-18H2,1-8H3. The monoisotopic (exact) mass is 474 g/mol. The van der Waals surface area contributed by atoms with Crippen LogP contribution in [-0.4, -0.2) is 22.8 Å². The fourth-order valence-corrected chi connectivity index (χ4v) is 11.5. The number of hydrogen-bond acceptors (Lipinski definition) is 4. The van der Waals surface area contributed by atoms with E-state index < -0.39 is 11.6 Å². The van der Waals surface area contributed by atoms with Crippen molar-refractivity contribution in [3.63, 3.8) is 0 Å². The van der Waals surface area contributed by atoms with Crippen LogP contribution >= 0.6 is 0 Å². The molecule has 4 saturated carbocycles. The van der Waals surface area contributed by atoms with E-state index in [-0.39, 0.29) is 22.3 Å². The third-order valence-corrected chi connectivity index (χ3v) is 14.0. The first-order chi connectivity index (χ1) is 15.7. The molecule has 4 nitrogen and oxygen atoms in total.